The molecule has 0 aliphatic heterocycles. The molecule has 21 heavy (non-hydrogen) atoms. The van der Waals surface area contributed by atoms with Crippen LogP contribution < -0.4 is 10.5 Å². The molecule has 0 saturated carbocycles. The van der Waals surface area contributed by atoms with E-state index in [2.05, 4.69) is 26.0 Å². The average Bonchev–Trinajstić information content (AvgIpc) is 2.45. The lowest BCUT2D eigenvalue weighted by Crippen LogP contribution is -2.08. The van der Waals surface area contributed by atoms with Crippen molar-refractivity contribution in [1.29, 1.82) is 0 Å². The third kappa shape index (κ3) is 4.05. The summed E-state index contributed by atoms with van der Waals surface area (Å²) < 4.78 is 19.1. The lowest BCUT2D eigenvalue weighted by atomic mass is 10.0. The molecule has 0 fully saturated rings. The number of hydrogen-bond donors (Lipinski definition) is 1. The summed E-state index contributed by atoms with van der Waals surface area (Å²) in [7, 11) is 0. The van der Waals surface area contributed by atoms with Gasteiger partial charge in [0.05, 0.1) is 0 Å². The van der Waals surface area contributed by atoms with Gasteiger partial charge >= 0.3 is 0 Å². The third-order valence-electron chi connectivity index (χ3n) is 3.51. The SMILES string of the molecule is CC(C)c1ccc(COc2cc(F)ccc2[C@H](C)N)cc1. The summed E-state index contributed by atoms with van der Waals surface area (Å²) in [5, 5.41) is 0. The zero-order chi connectivity index (χ0) is 15.4. The first-order chi connectivity index (χ1) is 9.97. The number of hydrogen-bond acceptors (Lipinski definition) is 2. The lowest BCUT2D eigenvalue weighted by molar-refractivity contribution is 0.300. The second-order valence-electron chi connectivity index (χ2n) is 5.66. The van der Waals surface area contributed by atoms with Crippen molar-refractivity contribution in [3.63, 3.8) is 0 Å². The molecule has 3 heteroatoms. The van der Waals surface area contributed by atoms with Gasteiger partial charge in [-0.2, -0.15) is 0 Å². The first-order valence-electron chi connectivity index (χ1n) is 7.24. The molecule has 0 heterocycles. The predicted molar refractivity (Wildman–Crippen MR) is 83.9 cm³/mol. The van der Waals surface area contributed by atoms with Crippen LogP contribution in [-0.4, -0.2) is 0 Å². The molecule has 0 bridgehead atoms. The summed E-state index contributed by atoms with van der Waals surface area (Å²) in [6, 6.07) is 12.6. The number of halogens is 1. The van der Waals surface area contributed by atoms with E-state index in [0.29, 0.717) is 18.3 Å². The Bertz CT molecular complexity index is 591. The van der Waals surface area contributed by atoms with Crippen LogP contribution in [0.3, 0.4) is 0 Å². The second-order valence-corrected chi connectivity index (χ2v) is 5.66. The summed E-state index contributed by atoms with van der Waals surface area (Å²) in [5.41, 5.74) is 9.05. The van der Waals surface area contributed by atoms with E-state index in [1.165, 1.54) is 17.7 Å². The van der Waals surface area contributed by atoms with Gasteiger partial charge in [-0.25, -0.2) is 4.39 Å². The van der Waals surface area contributed by atoms with Crippen molar-refractivity contribution in [2.45, 2.75) is 39.3 Å². The molecule has 0 aliphatic carbocycles. The van der Waals surface area contributed by atoms with Gasteiger partial charge < -0.3 is 10.5 Å². The Morgan fingerprint density at radius 3 is 2.29 bits per heavy atom. The topological polar surface area (TPSA) is 35.2 Å². The molecule has 1 atom stereocenters. The Hall–Kier alpha value is -1.87. The Morgan fingerprint density at radius 2 is 1.71 bits per heavy atom. The van der Waals surface area contributed by atoms with Crippen LogP contribution in [0.25, 0.3) is 0 Å². The Morgan fingerprint density at radius 1 is 1.05 bits per heavy atom. The molecule has 112 valence electrons. The van der Waals surface area contributed by atoms with Crippen molar-refractivity contribution in [2.24, 2.45) is 5.73 Å². The second kappa shape index (κ2) is 6.72. The van der Waals surface area contributed by atoms with Crippen molar-refractivity contribution >= 4 is 0 Å². The Kier molecular flexibility index (Phi) is 4.97. The van der Waals surface area contributed by atoms with E-state index in [0.717, 1.165) is 11.1 Å². The molecule has 2 N–H and O–H groups in total. The number of nitrogens with two attached hydrogens (primary N) is 1. The van der Waals surface area contributed by atoms with Crippen LogP contribution in [0.5, 0.6) is 5.75 Å². The fourth-order valence-corrected chi connectivity index (χ4v) is 2.17. The monoisotopic (exact) mass is 287 g/mol. The van der Waals surface area contributed by atoms with Gasteiger partial charge in [-0.3, -0.25) is 0 Å². The number of benzene rings is 2. The molecule has 0 spiro atoms. The van der Waals surface area contributed by atoms with Crippen molar-refractivity contribution in [1.82, 2.24) is 0 Å². The highest BCUT2D eigenvalue weighted by Crippen LogP contribution is 2.26. The van der Waals surface area contributed by atoms with Gasteiger partial charge in [0, 0.05) is 17.7 Å². The average molecular weight is 287 g/mol. The van der Waals surface area contributed by atoms with Crippen LogP contribution in [0, 0.1) is 5.82 Å². The molecule has 0 aliphatic rings. The van der Waals surface area contributed by atoms with Crippen LogP contribution >= 0.6 is 0 Å². The molecule has 0 saturated heterocycles. The predicted octanol–water partition coefficient (Wildman–Crippen LogP) is 4.55. The largest absolute Gasteiger partial charge is 0.488 e. The first-order valence-corrected chi connectivity index (χ1v) is 7.24. The maximum absolute atomic E-state index is 13.4. The fourth-order valence-electron chi connectivity index (χ4n) is 2.17. The lowest BCUT2D eigenvalue weighted by Gasteiger charge is -2.14. The van der Waals surface area contributed by atoms with E-state index in [-0.39, 0.29) is 11.9 Å². The zero-order valence-electron chi connectivity index (χ0n) is 12.8. The molecular formula is C18H22FNO. The molecule has 2 rings (SSSR count). The van der Waals surface area contributed by atoms with E-state index in [9.17, 15) is 4.39 Å². The molecular weight excluding hydrogens is 265 g/mol. The van der Waals surface area contributed by atoms with Gasteiger partial charge in [0.2, 0.25) is 0 Å². The maximum Gasteiger partial charge on any atom is 0.127 e. The van der Waals surface area contributed by atoms with Crippen molar-refractivity contribution in [3.8, 4) is 5.75 Å². The van der Waals surface area contributed by atoms with Crippen molar-refractivity contribution in [3.05, 3.63) is 65.0 Å². The van der Waals surface area contributed by atoms with Crippen LogP contribution in [0.4, 0.5) is 4.39 Å². The van der Waals surface area contributed by atoms with Crippen molar-refractivity contribution < 1.29 is 9.13 Å². The molecule has 2 aromatic rings. The normalized spacial score (nSPS) is 12.5. The van der Waals surface area contributed by atoms with Crippen LogP contribution in [0.1, 0.15) is 49.4 Å². The smallest absolute Gasteiger partial charge is 0.127 e. The molecule has 0 aromatic heterocycles. The molecule has 0 radical (unpaired) electrons. The van der Waals surface area contributed by atoms with Crippen LogP contribution in [0.15, 0.2) is 42.5 Å². The van der Waals surface area contributed by atoms with E-state index in [4.69, 9.17) is 10.5 Å². The molecule has 0 unspecified atom stereocenters. The van der Waals surface area contributed by atoms with Gasteiger partial charge in [-0.1, -0.05) is 44.2 Å². The van der Waals surface area contributed by atoms with E-state index < -0.39 is 0 Å². The van der Waals surface area contributed by atoms with Gasteiger partial charge in [-0.15, -0.1) is 0 Å². The number of rotatable bonds is 5. The highest BCUT2D eigenvalue weighted by Gasteiger charge is 2.10. The minimum Gasteiger partial charge on any atom is -0.488 e. The summed E-state index contributed by atoms with van der Waals surface area (Å²) in [6.45, 7) is 6.58. The van der Waals surface area contributed by atoms with E-state index in [1.54, 1.807) is 6.07 Å². The molecule has 2 nitrogen and oxygen atoms in total. The number of ether oxygens (including phenoxy) is 1. The minimum atomic E-state index is -0.315. The summed E-state index contributed by atoms with van der Waals surface area (Å²) in [5.74, 6) is 0.704. The van der Waals surface area contributed by atoms with Crippen LogP contribution in [0.2, 0.25) is 0 Å². The van der Waals surface area contributed by atoms with Gasteiger partial charge in [0.25, 0.3) is 0 Å². The standard InChI is InChI=1S/C18H22FNO/c1-12(2)15-6-4-14(5-7-15)11-21-18-10-16(19)8-9-17(18)13(3)20/h4-10,12-13H,11,20H2,1-3H3/t13-/m0/s1. The Balaban J connectivity index is 2.10. The fraction of sp³-hybridized carbons (Fsp3) is 0.333. The van der Waals surface area contributed by atoms with Crippen LogP contribution in [-0.2, 0) is 6.61 Å². The zero-order valence-corrected chi connectivity index (χ0v) is 12.8. The summed E-state index contributed by atoms with van der Waals surface area (Å²) in [4.78, 5) is 0. The third-order valence-corrected chi connectivity index (χ3v) is 3.51. The molecule has 0 amide bonds. The highest BCUT2D eigenvalue weighted by molar-refractivity contribution is 5.36. The quantitative estimate of drug-likeness (QED) is 0.875. The Labute approximate surface area is 125 Å². The maximum atomic E-state index is 13.4. The van der Waals surface area contributed by atoms with Gasteiger partial charge in [-0.05, 0) is 30.0 Å². The van der Waals surface area contributed by atoms with E-state index in [1.807, 2.05) is 19.1 Å². The summed E-state index contributed by atoms with van der Waals surface area (Å²) >= 11 is 0. The summed E-state index contributed by atoms with van der Waals surface area (Å²) in [6.07, 6.45) is 0. The minimum absolute atomic E-state index is 0.191. The van der Waals surface area contributed by atoms with Gasteiger partial charge in [0.15, 0.2) is 0 Å². The van der Waals surface area contributed by atoms with Crippen molar-refractivity contribution in [2.75, 3.05) is 0 Å². The van der Waals surface area contributed by atoms with Gasteiger partial charge in [0.1, 0.15) is 18.2 Å². The highest BCUT2D eigenvalue weighted by atomic mass is 19.1. The van der Waals surface area contributed by atoms with E-state index >= 15 is 0 Å². The molecule has 2 aromatic carbocycles. The first kappa shape index (κ1) is 15.5.